The summed E-state index contributed by atoms with van der Waals surface area (Å²) in [6, 6.07) is 13.0. The van der Waals surface area contributed by atoms with Crippen LogP contribution in [0.25, 0.3) is 11.4 Å². The zero-order valence-electron chi connectivity index (χ0n) is 16.0. The molecule has 0 aliphatic carbocycles. The highest BCUT2D eigenvalue weighted by Gasteiger charge is 2.19. The van der Waals surface area contributed by atoms with E-state index >= 15 is 0 Å². The SMILES string of the molecule is CC[C@@H](Oc1cc(C)cc(C)c1)C(=O)NCc1nc(-c2ccc(Cl)cc2)no1. The fourth-order valence-corrected chi connectivity index (χ4v) is 2.93. The maximum atomic E-state index is 12.5. The predicted octanol–water partition coefficient (Wildman–Crippen LogP) is 4.48. The number of hydrogen-bond acceptors (Lipinski definition) is 5. The van der Waals surface area contributed by atoms with Crippen LogP contribution in [0.3, 0.4) is 0 Å². The number of aryl methyl sites for hydroxylation is 2. The maximum absolute atomic E-state index is 12.5. The van der Waals surface area contributed by atoms with Crippen LogP contribution in [0.4, 0.5) is 0 Å². The predicted molar refractivity (Wildman–Crippen MR) is 107 cm³/mol. The number of aromatic nitrogens is 2. The average molecular weight is 400 g/mol. The summed E-state index contributed by atoms with van der Waals surface area (Å²) in [5, 5.41) is 7.36. The molecule has 0 bridgehead atoms. The number of rotatable bonds is 7. The molecule has 0 fully saturated rings. The van der Waals surface area contributed by atoms with Gasteiger partial charge in [-0.1, -0.05) is 29.7 Å². The Morgan fingerprint density at radius 3 is 2.50 bits per heavy atom. The fourth-order valence-electron chi connectivity index (χ4n) is 2.81. The first-order valence-electron chi connectivity index (χ1n) is 9.06. The number of nitrogens with zero attached hydrogens (tertiary/aromatic N) is 2. The van der Waals surface area contributed by atoms with Gasteiger partial charge in [0, 0.05) is 10.6 Å². The van der Waals surface area contributed by atoms with E-state index in [1.54, 1.807) is 24.3 Å². The number of hydrogen-bond donors (Lipinski definition) is 1. The third kappa shape index (κ3) is 5.10. The molecule has 1 amide bonds. The van der Waals surface area contributed by atoms with E-state index in [4.69, 9.17) is 20.9 Å². The Balaban J connectivity index is 1.60. The molecule has 0 saturated carbocycles. The first-order chi connectivity index (χ1) is 13.4. The van der Waals surface area contributed by atoms with Crippen LogP contribution in [-0.4, -0.2) is 22.2 Å². The minimum absolute atomic E-state index is 0.131. The van der Waals surface area contributed by atoms with Gasteiger partial charge in [-0.3, -0.25) is 4.79 Å². The van der Waals surface area contributed by atoms with E-state index in [0.717, 1.165) is 16.7 Å². The minimum Gasteiger partial charge on any atom is -0.481 e. The second-order valence-electron chi connectivity index (χ2n) is 6.57. The quantitative estimate of drug-likeness (QED) is 0.633. The molecule has 3 aromatic rings. The van der Waals surface area contributed by atoms with Crippen molar-refractivity contribution in [3.63, 3.8) is 0 Å². The largest absolute Gasteiger partial charge is 0.481 e. The van der Waals surface area contributed by atoms with Gasteiger partial charge in [0.1, 0.15) is 5.75 Å². The highest BCUT2D eigenvalue weighted by molar-refractivity contribution is 6.30. The zero-order valence-corrected chi connectivity index (χ0v) is 16.8. The maximum Gasteiger partial charge on any atom is 0.261 e. The third-order valence-corrected chi connectivity index (χ3v) is 4.37. The van der Waals surface area contributed by atoms with Gasteiger partial charge in [0.05, 0.1) is 6.54 Å². The number of halogens is 1. The Hall–Kier alpha value is -2.86. The topological polar surface area (TPSA) is 77.2 Å². The molecule has 146 valence electrons. The van der Waals surface area contributed by atoms with E-state index in [9.17, 15) is 4.79 Å². The van der Waals surface area contributed by atoms with Crippen LogP contribution in [0.1, 0.15) is 30.4 Å². The van der Waals surface area contributed by atoms with Gasteiger partial charge in [-0.15, -0.1) is 0 Å². The van der Waals surface area contributed by atoms with Gasteiger partial charge < -0.3 is 14.6 Å². The Morgan fingerprint density at radius 2 is 1.86 bits per heavy atom. The third-order valence-electron chi connectivity index (χ3n) is 4.12. The van der Waals surface area contributed by atoms with Crippen molar-refractivity contribution in [3.8, 4) is 17.1 Å². The van der Waals surface area contributed by atoms with E-state index in [1.165, 1.54) is 0 Å². The molecule has 0 aliphatic rings. The second-order valence-corrected chi connectivity index (χ2v) is 7.01. The average Bonchev–Trinajstić information content (AvgIpc) is 3.13. The van der Waals surface area contributed by atoms with Gasteiger partial charge in [-0.25, -0.2) is 0 Å². The van der Waals surface area contributed by atoms with Gasteiger partial charge in [-0.05, 0) is 67.8 Å². The number of benzene rings is 2. The molecule has 0 unspecified atom stereocenters. The highest BCUT2D eigenvalue weighted by atomic mass is 35.5. The van der Waals surface area contributed by atoms with Gasteiger partial charge >= 0.3 is 0 Å². The van der Waals surface area contributed by atoms with E-state index in [2.05, 4.69) is 21.5 Å². The molecule has 28 heavy (non-hydrogen) atoms. The van der Waals surface area contributed by atoms with Crippen molar-refractivity contribution >= 4 is 17.5 Å². The fraction of sp³-hybridized carbons (Fsp3) is 0.286. The van der Waals surface area contributed by atoms with Gasteiger partial charge in [-0.2, -0.15) is 4.98 Å². The van der Waals surface area contributed by atoms with Gasteiger partial charge in [0.25, 0.3) is 5.91 Å². The van der Waals surface area contributed by atoms with Crippen LogP contribution < -0.4 is 10.1 Å². The summed E-state index contributed by atoms with van der Waals surface area (Å²) in [5.74, 6) is 1.22. The normalized spacial score (nSPS) is 11.9. The first kappa shape index (κ1) is 19.9. The van der Waals surface area contributed by atoms with Crippen molar-refractivity contribution in [3.05, 3.63) is 64.5 Å². The lowest BCUT2D eigenvalue weighted by Crippen LogP contribution is -2.37. The molecule has 0 saturated heterocycles. The Morgan fingerprint density at radius 1 is 1.18 bits per heavy atom. The lowest BCUT2D eigenvalue weighted by Gasteiger charge is -2.17. The molecule has 1 N–H and O–H groups in total. The van der Waals surface area contributed by atoms with Crippen LogP contribution in [0.2, 0.25) is 5.02 Å². The highest BCUT2D eigenvalue weighted by Crippen LogP contribution is 2.20. The summed E-state index contributed by atoms with van der Waals surface area (Å²) >= 11 is 5.88. The molecule has 2 aromatic carbocycles. The Kier molecular flexibility index (Phi) is 6.31. The smallest absolute Gasteiger partial charge is 0.261 e. The van der Waals surface area contributed by atoms with Crippen LogP contribution >= 0.6 is 11.6 Å². The van der Waals surface area contributed by atoms with Crippen LogP contribution in [0, 0.1) is 13.8 Å². The molecule has 1 atom stereocenters. The van der Waals surface area contributed by atoms with Crippen molar-refractivity contribution in [2.24, 2.45) is 0 Å². The van der Waals surface area contributed by atoms with Crippen LogP contribution in [0.15, 0.2) is 47.0 Å². The molecule has 3 rings (SSSR count). The molecule has 1 aromatic heterocycles. The van der Waals surface area contributed by atoms with Crippen molar-refractivity contribution in [2.45, 2.75) is 39.8 Å². The van der Waals surface area contributed by atoms with Crippen molar-refractivity contribution in [2.75, 3.05) is 0 Å². The summed E-state index contributed by atoms with van der Waals surface area (Å²) in [7, 11) is 0. The first-order valence-corrected chi connectivity index (χ1v) is 9.43. The molecule has 0 spiro atoms. The molecule has 0 radical (unpaired) electrons. The van der Waals surface area contributed by atoms with Gasteiger partial charge in [0.2, 0.25) is 11.7 Å². The molecule has 7 heteroatoms. The molecular weight excluding hydrogens is 378 g/mol. The lowest BCUT2D eigenvalue weighted by molar-refractivity contribution is -0.128. The summed E-state index contributed by atoms with van der Waals surface area (Å²) in [4.78, 5) is 16.8. The van der Waals surface area contributed by atoms with E-state index in [-0.39, 0.29) is 12.5 Å². The molecular formula is C21H22ClN3O3. The van der Waals surface area contributed by atoms with E-state index in [0.29, 0.717) is 28.9 Å². The van der Waals surface area contributed by atoms with E-state index < -0.39 is 6.10 Å². The van der Waals surface area contributed by atoms with Crippen LogP contribution in [-0.2, 0) is 11.3 Å². The van der Waals surface area contributed by atoms with Crippen molar-refractivity contribution in [1.29, 1.82) is 0 Å². The van der Waals surface area contributed by atoms with Crippen molar-refractivity contribution < 1.29 is 14.1 Å². The van der Waals surface area contributed by atoms with Crippen LogP contribution in [0.5, 0.6) is 5.75 Å². The summed E-state index contributed by atoms with van der Waals surface area (Å²) in [6.07, 6.45) is -0.0570. The Labute approximate surface area is 168 Å². The number of carbonyl (C=O) groups is 1. The summed E-state index contributed by atoms with van der Waals surface area (Å²) in [6.45, 7) is 6.02. The van der Waals surface area contributed by atoms with Gasteiger partial charge in [0.15, 0.2) is 6.10 Å². The standard InChI is InChI=1S/C21H22ClN3O3/c1-4-18(27-17-10-13(2)9-14(3)11-17)21(26)23-12-19-24-20(25-28-19)15-5-7-16(22)8-6-15/h5-11,18H,4,12H2,1-3H3,(H,23,26)/t18-/m1/s1. The zero-order chi connectivity index (χ0) is 20.1. The molecule has 0 aliphatic heterocycles. The number of carbonyl (C=O) groups excluding carboxylic acids is 1. The minimum atomic E-state index is -0.597. The number of nitrogens with one attached hydrogen (secondary N) is 1. The summed E-state index contributed by atoms with van der Waals surface area (Å²) in [5.41, 5.74) is 2.96. The lowest BCUT2D eigenvalue weighted by atomic mass is 10.1. The number of amides is 1. The summed E-state index contributed by atoms with van der Waals surface area (Å²) < 4.78 is 11.1. The van der Waals surface area contributed by atoms with Crippen molar-refractivity contribution in [1.82, 2.24) is 15.5 Å². The second kappa shape index (κ2) is 8.89. The van der Waals surface area contributed by atoms with E-state index in [1.807, 2.05) is 32.9 Å². The monoisotopic (exact) mass is 399 g/mol. The Bertz CT molecular complexity index is 934. The number of ether oxygens (including phenoxy) is 1. The molecule has 6 nitrogen and oxygen atoms in total. The molecule has 1 heterocycles.